The summed E-state index contributed by atoms with van der Waals surface area (Å²) in [5.41, 5.74) is 0. The van der Waals surface area contributed by atoms with Crippen LogP contribution in [-0.4, -0.2) is 61.4 Å². The predicted octanol–water partition coefficient (Wildman–Crippen LogP) is 3.44. The molecule has 0 aliphatic heterocycles. The molecule has 116 valence electrons. The van der Waals surface area contributed by atoms with Crippen molar-refractivity contribution in [3.63, 3.8) is 0 Å². The van der Waals surface area contributed by atoms with Crippen molar-refractivity contribution < 1.29 is 5.11 Å². The molecular formula is C16H26N3OP. The number of rotatable bonds is 3. The number of fused-ring (bicyclic) bond motifs is 1. The first-order valence-corrected chi connectivity index (χ1v) is 8.02. The van der Waals surface area contributed by atoms with Gasteiger partial charge in [0.25, 0.3) is 0 Å². The maximum atomic E-state index is 9.13. The fourth-order valence-electron chi connectivity index (χ4n) is 2.25. The molecule has 0 saturated carbocycles. The molecule has 4 nitrogen and oxygen atoms in total. The van der Waals surface area contributed by atoms with Crippen LogP contribution in [0.5, 0.6) is 5.75 Å². The van der Waals surface area contributed by atoms with E-state index in [0.717, 1.165) is 10.8 Å². The Balaban J connectivity index is 0.000000212. The minimum atomic E-state index is -0.238. The molecule has 0 aromatic heterocycles. The Bertz CT molecular complexity index is 539. The lowest BCUT2D eigenvalue weighted by Crippen LogP contribution is -2.25. The van der Waals surface area contributed by atoms with Crippen LogP contribution < -0.4 is 0 Å². The number of aromatic hydroxyl groups is 1. The lowest BCUT2D eigenvalue weighted by Gasteiger charge is -2.34. The average Bonchev–Trinajstić information content (AvgIpc) is 2.37. The van der Waals surface area contributed by atoms with Gasteiger partial charge in [-0.25, -0.2) is 0 Å². The van der Waals surface area contributed by atoms with Crippen LogP contribution >= 0.6 is 8.37 Å². The summed E-state index contributed by atoms with van der Waals surface area (Å²) < 4.78 is 6.69. The molecule has 0 fully saturated rings. The molecule has 2 rings (SSSR count). The molecule has 21 heavy (non-hydrogen) atoms. The minimum Gasteiger partial charge on any atom is -0.508 e. The summed E-state index contributed by atoms with van der Waals surface area (Å²) in [7, 11) is 12.4. The van der Waals surface area contributed by atoms with Gasteiger partial charge >= 0.3 is 0 Å². The van der Waals surface area contributed by atoms with Gasteiger partial charge in [0, 0.05) is 0 Å². The van der Waals surface area contributed by atoms with Crippen molar-refractivity contribution in [3.8, 4) is 5.75 Å². The molecule has 0 aliphatic carbocycles. The number of nitrogens with zero attached hydrogens (tertiary/aromatic N) is 3. The number of hydrogen-bond acceptors (Lipinski definition) is 4. The second-order valence-corrected chi connectivity index (χ2v) is 8.28. The van der Waals surface area contributed by atoms with E-state index < -0.39 is 0 Å². The van der Waals surface area contributed by atoms with Crippen molar-refractivity contribution in [2.24, 2.45) is 0 Å². The highest BCUT2D eigenvalue weighted by Gasteiger charge is 2.15. The Labute approximate surface area is 129 Å². The largest absolute Gasteiger partial charge is 0.508 e. The van der Waals surface area contributed by atoms with E-state index in [1.165, 1.54) is 0 Å². The lowest BCUT2D eigenvalue weighted by atomic mass is 10.1. The van der Waals surface area contributed by atoms with Gasteiger partial charge in [0.2, 0.25) is 0 Å². The van der Waals surface area contributed by atoms with E-state index in [9.17, 15) is 0 Å². The van der Waals surface area contributed by atoms with Crippen molar-refractivity contribution in [2.45, 2.75) is 0 Å². The summed E-state index contributed by atoms with van der Waals surface area (Å²) in [4.78, 5) is 0. The number of benzene rings is 2. The van der Waals surface area contributed by atoms with Crippen molar-refractivity contribution in [1.29, 1.82) is 0 Å². The van der Waals surface area contributed by atoms with Gasteiger partial charge in [0.15, 0.2) is 0 Å². The van der Waals surface area contributed by atoms with Gasteiger partial charge in [-0.15, -0.1) is 0 Å². The molecule has 0 aliphatic rings. The van der Waals surface area contributed by atoms with E-state index in [1.807, 2.05) is 30.3 Å². The van der Waals surface area contributed by atoms with E-state index in [-0.39, 0.29) is 8.37 Å². The first-order valence-electron chi connectivity index (χ1n) is 6.82. The van der Waals surface area contributed by atoms with Crippen LogP contribution in [0.15, 0.2) is 42.5 Å². The fourth-order valence-corrected chi connectivity index (χ4v) is 4.40. The van der Waals surface area contributed by atoms with Crippen molar-refractivity contribution in [2.75, 3.05) is 42.3 Å². The van der Waals surface area contributed by atoms with Crippen LogP contribution in [0, 0.1) is 0 Å². The summed E-state index contributed by atoms with van der Waals surface area (Å²) in [6, 6.07) is 13.3. The van der Waals surface area contributed by atoms with E-state index >= 15 is 0 Å². The number of phenols is 1. The van der Waals surface area contributed by atoms with E-state index in [2.05, 4.69) is 56.3 Å². The SMILES string of the molecule is CN(C)P(N(C)C)N(C)C.Oc1ccc2ccccc2c1. The van der Waals surface area contributed by atoms with Gasteiger partial charge in [-0.2, -0.15) is 0 Å². The molecule has 0 radical (unpaired) electrons. The summed E-state index contributed by atoms with van der Waals surface area (Å²) >= 11 is 0. The molecular weight excluding hydrogens is 281 g/mol. The first-order chi connectivity index (χ1) is 9.82. The van der Waals surface area contributed by atoms with Gasteiger partial charge in [-0.1, -0.05) is 30.3 Å². The highest BCUT2D eigenvalue weighted by atomic mass is 31.2. The van der Waals surface area contributed by atoms with Crippen molar-refractivity contribution >= 4 is 19.1 Å². The highest BCUT2D eigenvalue weighted by molar-refractivity contribution is 7.49. The Morgan fingerprint density at radius 2 is 1.19 bits per heavy atom. The topological polar surface area (TPSA) is 30.0 Å². The zero-order chi connectivity index (χ0) is 16.0. The van der Waals surface area contributed by atoms with Crippen LogP contribution in [-0.2, 0) is 0 Å². The summed E-state index contributed by atoms with van der Waals surface area (Å²) in [5.74, 6) is 0.323. The Hall–Kier alpha value is -1.19. The zero-order valence-electron chi connectivity index (χ0n) is 13.8. The van der Waals surface area contributed by atoms with Crippen LogP contribution in [0.4, 0.5) is 0 Å². The number of hydrogen-bond donors (Lipinski definition) is 1. The predicted molar refractivity (Wildman–Crippen MR) is 93.6 cm³/mol. The molecule has 0 bridgehead atoms. The molecule has 0 spiro atoms. The molecule has 5 heteroatoms. The molecule has 0 heterocycles. The monoisotopic (exact) mass is 307 g/mol. The van der Waals surface area contributed by atoms with Gasteiger partial charge < -0.3 is 5.11 Å². The molecule has 2 aromatic carbocycles. The zero-order valence-corrected chi connectivity index (χ0v) is 14.7. The third-order valence-corrected chi connectivity index (χ3v) is 4.95. The van der Waals surface area contributed by atoms with Gasteiger partial charge in [0.1, 0.15) is 14.1 Å². The van der Waals surface area contributed by atoms with Crippen LogP contribution in [0.1, 0.15) is 0 Å². The van der Waals surface area contributed by atoms with Gasteiger partial charge in [-0.05, 0) is 65.2 Å². The van der Waals surface area contributed by atoms with Crippen LogP contribution in [0.3, 0.4) is 0 Å². The average molecular weight is 307 g/mol. The second kappa shape index (κ2) is 8.30. The summed E-state index contributed by atoms with van der Waals surface area (Å²) in [6.45, 7) is 0. The van der Waals surface area contributed by atoms with Crippen LogP contribution in [0.2, 0.25) is 0 Å². The highest BCUT2D eigenvalue weighted by Crippen LogP contribution is 2.40. The van der Waals surface area contributed by atoms with E-state index in [4.69, 9.17) is 5.11 Å². The Morgan fingerprint density at radius 1 is 0.714 bits per heavy atom. The Morgan fingerprint density at radius 3 is 1.62 bits per heavy atom. The first kappa shape index (κ1) is 17.9. The fraction of sp³-hybridized carbons (Fsp3) is 0.375. The molecule has 1 N–H and O–H groups in total. The summed E-state index contributed by atoms with van der Waals surface area (Å²) in [6.07, 6.45) is 0. The maximum Gasteiger partial charge on any atom is 0.118 e. The van der Waals surface area contributed by atoms with Crippen molar-refractivity contribution in [1.82, 2.24) is 14.0 Å². The number of phenolic OH excluding ortho intramolecular Hbond substituents is 1. The standard InChI is InChI=1S/C10H8O.C6H18N3P/c11-10-6-5-8-3-1-2-4-9(8)7-10;1-7(2)10(8(3)4)9(5)6/h1-7,11H;1-6H3. The van der Waals surface area contributed by atoms with Crippen molar-refractivity contribution in [3.05, 3.63) is 42.5 Å². The molecule has 0 unspecified atom stereocenters. The van der Waals surface area contributed by atoms with Gasteiger partial charge in [-0.3, -0.25) is 14.0 Å². The lowest BCUT2D eigenvalue weighted by molar-refractivity contribution is 0.476. The Kier molecular flexibility index (Phi) is 7.06. The van der Waals surface area contributed by atoms with E-state index in [1.54, 1.807) is 12.1 Å². The van der Waals surface area contributed by atoms with Gasteiger partial charge in [0.05, 0.1) is 0 Å². The molecule has 0 atom stereocenters. The third-order valence-electron chi connectivity index (χ3n) is 2.81. The second-order valence-electron chi connectivity index (χ2n) is 5.34. The van der Waals surface area contributed by atoms with E-state index in [0.29, 0.717) is 5.75 Å². The quantitative estimate of drug-likeness (QED) is 0.880. The maximum absolute atomic E-state index is 9.13. The third kappa shape index (κ3) is 5.60. The minimum absolute atomic E-state index is 0.238. The van der Waals surface area contributed by atoms with Crippen LogP contribution in [0.25, 0.3) is 10.8 Å². The summed E-state index contributed by atoms with van der Waals surface area (Å²) in [5, 5.41) is 11.4. The smallest absolute Gasteiger partial charge is 0.118 e. The molecule has 2 aromatic rings. The molecule has 0 saturated heterocycles. The molecule has 0 amide bonds. The normalized spacial score (nSPS) is 11.3.